The third kappa shape index (κ3) is 3.56. The van der Waals surface area contributed by atoms with Crippen molar-refractivity contribution >= 4 is 11.6 Å². The van der Waals surface area contributed by atoms with Crippen molar-refractivity contribution in [2.45, 2.75) is 18.9 Å². The molecule has 0 fully saturated rings. The number of nitrogens with two attached hydrogens (primary N) is 1. The van der Waals surface area contributed by atoms with Gasteiger partial charge in [-0.1, -0.05) is 24.3 Å². The average molecular weight is 290 g/mol. The van der Waals surface area contributed by atoms with E-state index in [0.29, 0.717) is 0 Å². The van der Waals surface area contributed by atoms with Gasteiger partial charge in [0.1, 0.15) is 17.2 Å². The summed E-state index contributed by atoms with van der Waals surface area (Å²) in [6.45, 7) is 1.59. The van der Waals surface area contributed by atoms with Crippen LogP contribution < -0.4 is 11.1 Å². The van der Waals surface area contributed by atoms with E-state index in [1.807, 2.05) is 0 Å². The van der Waals surface area contributed by atoms with E-state index < -0.39 is 17.3 Å². The van der Waals surface area contributed by atoms with Gasteiger partial charge in [0, 0.05) is 6.42 Å². The van der Waals surface area contributed by atoms with Gasteiger partial charge in [-0.25, -0.2) is 8.78 Å². The highest BCUT2D eigenvalue weighted by molar-refractivity contribution is 5.88. The molecule has 0 saturated heterocycles. The molecule has 0 aliphatic heterocycles. The van der Waals surface area contributed by atoms with Crippen molar-refractivity contribution in [3.63, 3.8) is 0 Å². The van der Waals surface area contributed by atoms with Crippen molar-refractivity contribution in [2.24, 2.45) is 5.73 Å². The molecule has 0 heterocycles. The second-order valence-corrected chi connectivity index (χ2v) is 5.10. The fourth-order valence-electron chi connectivity index (χ4n) is 2.06. The monoisotopic (exact) mass is 290 g/mol. The molecule has 3 nitrogen and oxygen atoms in total. The summed E-state index contributed by atoms with van der Waals surface area (Å²) in [5.74, 6) is -1.44. The Labute approximate surface area is 121 Å². The topological polar surface area (TPSA) is 55.1 Å². The van der Waals surface area contributed by atoms with Crippen molar-refractivity contribution in [3.8, 4) is 0 Å². The van der Waals surface area contributed by atoms with Crippen LogP contribution in [0.1, 0.15) is 12.5 Å². The fraction of sp³-hybridized carbons (Fsp3) is 0.188. The van der Waals surface area contributed by atoms with E-state index in [2.05, 4.69) is 5.32 Å². The van der Waals surface area contributed by atoms with Crippen LogP contribution in [0.15, 0.2) is 48.5 Å². The highest BCUT2D eigenvalue weighted by Gasteiger charge is 2.32. The Morgan fingerprint density at radius 2 is 1.76 bits per heavy atom. The van der Waals surface area contributed by atoms with Gasteiger partial charge >= 0.3 is 0 Å². The third-order valence-corrected chi connectivity index (χ3v) is 3.30. The fourth-order valence-corrected chi connectivity index (χ4v) is 2.06. The zero-order valence-electron chi connectivity index (χ0n) is 11.6. The minimum atomic E-state index is -1.18. The van der Waals surface area contributed by atoms with Crippen molar-refractivity contribution in [1.29, 1.82) is 0 Å². The van der Waals surface area contributed by atoms with Crippen molar-refractivity contribution in [2.75, 3.05) is 5.32 Å². The van der Waals surface area contributed by atoms with Crippen molar-refractivity contribution in [1.82, 2.24) is 0 Å². The predicted molar refractivity (Wildman–Crippen MR) is 77.7 cm³/mol. The SMILES string of the molecule is CC(Cc1ccc(F)cc1)(Nc1ccccc1F)C(N)=O. The van der Waals surface area contributed by atoms with E-state index in [-0.39, 0.29) is 17.9 Å². The van der Waals surface area contributed by atoms with Crippen molar-refractivity contribution < 1.29 is 13.6 Å². The highest BCUT2D eigenvalue weighted by atomic mass is 19.1. The number of anilines is 1. The van der Waals surface area contributed by atoms with E-state index in [1.54, 1.807) is 31.2 Å². The minimum Gasteiger partial charge on any atom is -0.369 e. The highest BCUT2D eigenvalue weighted by Crippen LogP contribution is 2.22. The van der Waals surface area contributed by atoms with Crippen LogP contribution >= 0.6 is 0 Å². The number of halogens is 2. The zero-order chi connectivity index (χ0) is 15.5. The van der Waals surface area contributed by atoms with E-state index >= 15 is 0 Å². The van der Waals surface area contributed by atoms with Crippen LogP contribution in [0.5, 0.6) is 0 Å². The maximum Gasteiger partial charge on any atom is 0.243 e. The van der Waals surface area contributed by atoms with Gasteiger partial charge in [-0.15, -0.1) is 0 Å². The van der Waals surface area contributed by atoms with Gasteiger partial charge in [0.15, 0.2) is 0 Å². The second-order valence-electron chi connectivity index (χ2n) is 5.10. The van der Waals surface area contributed by atoms with Gasteiger partial charge in [0.2, 0.25) is 5.91 Å². The molecular weight excluding hydrogens is 274 g/mol. The number of hydrogen-bond acceptors (Lipinski definition) is 2. The number of hydrogen-bond donors (Lipinski definition) is 2. The number of carbonyl (C=O) groups excluding carboxylic acids is 1. The summed E-state index contributed by atoms with van der Waals surface area (Å²) in [5.41, 5.74) is 5.19. The van der Waals surface area contributed by atoms with E-state index in [1.165, 1.54) is 24.3 Å². The standard InChI is InChI=1S/C16H16F2N2O/c1-16(15(19)21,10-11-6-8-12(17)9-7-11)20-14-5-3-2-4-13(14)18/h2-9,20H,10H2,1H3,(H2,19,21). The maximum atomic E-state index is 13.7. The van der Waals surface area contributed by atoms with Gasteiger partial charge in [-0.3, -0.25) is 4.79 Å². The maximum absolute atomic E-state index is 13.7. The molecule has 0 aliphatic carbocycles. The minimum absolute atomic E-state index is 0.195. The number of rotatable bonds is 5. The van der Waals surface area contributed by atoms with Gasteiger partial charge < -0.3 is 11.1 Å². The number of carbonyl (C=O) groups is 1. The summed E-state index contributed by atoms with van der Waals surface area (Å²) in [7, 11) is 0. The molecule has 2 aromatic carbocycles. The molecule has 1 amide bonds. The molecule has 2 aromatic rings. The molecule has 0 radical (unpaired) electrons. The number of amides is 1. The molecule has 21 heavy (non-hydrogen) atoms. The normalized spacial score (nSPS) is 13.5. The Bertz CT molecular complexity index is 643. The Balaban J connectivity index is 2.26. The first-order chi connectivity index (χ1) is 9.90. The zero-order valence-corrected chi connectivity index (χ0v) is 11.6. The molecule has 110 valence electrons. The average Bonchev–Trinajstić information content (AvgIpc) is 2.44. The number of benzene rings is 2. The summed E-state index contributed by atoms with van der Waals surface area (Å²) in [6, 6.07) is 11.8. The Hall–Kier alpha value is -2.43. The van der Waals surface area contributed by atoms with Crippen LogP contribution in [-0.2, 0) is 11.2 Å². The quantitative estimate of drug-likeness (QED) is 0.889. The van der Waals surface area contributed by atoms with Crippen LogP contribution in [0.2, 0.25) is 0 Å². The van der Waals surface area contributed by atoms with Gasteiger partial charge in [0.05, 0.1) is 5.69 Å². The lowest BCUT2D eigenvalue weighted by atomic mass is 9.91. The van der Waals surface area contributed by atoms with Crippen LogP contribution in [0.25, 0.3) is 0 Å². The Morgan fingerprint density at radius 3 is 2.33 bits per heavy atom. The summed E-state index contributed by atoms with van der Waals surface area (Å²) < 4.78 is 26.6. The summed E-state index contributed by atoms with van der Waals surface area (Å²) in [4.78, 5) is 11.8. The Morgan fingerprint density at radius 1 is 1.14 bits per heavy atom. The van der Waals surface area contributed by atoms with Crippen LogP contribution in [0.4, 0.5) is 14.5 Å². The molecule has 1 unspecified atom stereocenters. The summed E-state index contributed by atoms with van der Waals surface area (Å²) >= 11 is 0. The number of primary amides is 1. The molecule has 0 aliphatic rings. The first kappa shape index (κ1) is 15.0. The lowest BCUT2D eigenvalue weighted by molar-refractivity contribution is -0.121. The first-order valence-corrected chi connectivity index (χ1v) is 6.48. The third-order valence-electron chi connectivity index (χ3n) is 3.30. The lowest BCUT2D eigenvalue weighted by Gasteiger charge is -2.29. The summed E-state index contributed by atoms with van der Waals surface area (Å²) in [5, 5.41) is 2.84. The molecule has 3 N–H and O–H groups in total. The van der Waals surface area contributed by atoms with Gasteiger partial charge in [-0.05, 0) is 36.8 Å². The van der Waals surface area contributed by atoms with Crippen LogP contribution in [0, 0.1) is 11.6 Å². The predicted octanol–water partition coefficient (Wildman–Crippen LogP) is 2.86. The van der Waals surface area contributed by atoms with E-state index in [4.69, 9.17) is 5.73 Å². The van der Waals surface area contributed by atoms with Gasteiger partial charge in [-0.2, -0.15) is 0 Å². The van der Waals surface area contributed by atoms with Crippen LogP contribution in [0.3, 0.4) is 0 Å². The molecule has 0 aromatic heterocycles. The van der Waals surface area contributed by atoms with Crippen molar-refractivity contribution in [3.05, 3.63) is 65.7 Å². The van der Waals surface area contributed by atoms with E-state index in [0.717, 1.165) is 5.56 Å². The molecule has 0 saturated carbocycles. The molecule has 1 atom stereocenters. The number of para-hydroxylation sites is 1. The van der Waals surface area contributed by atoms with E-state index in [9.17, 15) is 13.6 Å². The molecule has 0 spiro atoms. The summed E-state index contributed by atoms with van der Waals surface area (Å²) in [6.07, 6.45) is 0.219. The largest absolute Gasteiger partial charge is 0.369 e. The first-order valence-electron chi connectivity index (χ1n) is 6.48. The Kier molecular flexibility index (Phi) is 4.21. The number of nitrogens with one attached hydrogen (secondary N) is 1. The van der Waals surface area contributed by atoms with Crippen LogP contribution in [-0.4, -0.2) is 11.4 Å². The molecule has 2 rings (SSSR count). The molecule has 5 heteroatoms. The smallest absolute Gasteiger partial charge is 0.243 e. The lowest BCUT2D eigenvalue weighted by Crippen LogP contribution is -2.49. The van der Waals surface area contributed by atoms with Gasteiger partial charge in [0.25, 0.3) is 0 Å². The molecular formula is C16H16F2N2O. The second kappa shape index (κ2) is 5.91. The molecule has 0 bridgehead atoms.